The van der Waals surface area contributed by atoms with Crippen molar-refractivity contribution in [1.29, 1.82) is 0 Å². The molecule has 91 heavy (non-hydrogen) atoms. The molecule has 5 amide bonds. The molecule has 0 aliphatic carbocycles. The second kappa shape index (κ2) is 73.0. The quantitative estimate of drug-likeness (QED) is 0.0325. The zero-order valence-corrected chi connectivity index (χ0v) is 61.3. The summed E-state index contributed by atoms with van der Waals surface area (Å²) < 4.78 is 0. The molecule has 6 N–H and O–H groups in total. The number of carbonyl (C=O) groups excluding carboxylic acids is 5. The number of nitrogens with zero attached hydrogens (tertiary/aromatic N) is 3. The van der Waals surface area contributed by atoms with Gasteiger partial charge in [-0.3, -0.25) is 24.0 Å². The van der Waals surface area contributed by atoms with E-state index in [0.717, 1.165) is 83.8 Å². The normalized spacial score (nSPS) is 11.6. The third-order valence-electron chi connectivity index (χ3n) is 18.5. The molecule has 0 rings (SSSR count). The van der Waals surface area contributed by atoms with Gasteiger partial charge in [0.05, 0.1) is 0 Å². The lowest BCUT2D eigenvalue weighted by Gasteiger charge is -2.28. The van der Waals surface area contributed by atoms with Crippen LogP contribution in [0.25, 0.3) is 0 Å². The molecule has 0 atom stereocenters. The fraction of sp³-hybridized carbons (Fsp3) is 0.935. The zero-order valence-electron chi connectivity index (χ0n) is 61.3. The first kappa shape index (κ1) is 88.2. The van der Waals surface area contributed by atoms with Crippen LogP contribution in [0, 0.1) is 0 Å². The topological polar surface area (TPSA) is 167 Å². The summed E-state index contributed by atoms with van der Waals surface area (Å²) in [4.78, 5) is 73.0. The molecule has 0 aliphatic heterocycles. The Morgan fingerprint density at radius 1 is 0.187 bits per heavy atom. The Kier molecular flexibility index (Phi) is 70.8. The van der Waals surface area contributed by atoms with Crippen LogP contribution < -0.4 is 31.9 Å². The van der Waals surface area contributed by atoms with Crippen molar-refractivity contribution in [1.82, 2.24) is 46.6 Å². The first-order valence-corrected chi connectivity index (χ1v) is 39.9. The van der Waals surface area contributed by atoms with Gasteiger partial charge in [0.25, 0.3) is 0 Å². The monoisotopic (exact) mass is 1290 g/mol. The van der Waals surface area contributed by atoms with Gasteiger partial charge < -0.3 is 46.6 Å². The highest BCUT2D eigenvalue weighted by Crippen LogP contribution is 2.15. The van der Waals surface area contributed by atoms with Crippen LogP contribution in [0.4, 0.5) is 0 Å². The SMILES string of the molecule is CCCCCCCCCCCCNC(=O)CCN(CCNCCN(CCC(=O)NCCCCCCCC)CCN(CCC(=O)NCCCCCCCCCCCC)CCC(=O)NCCCCCCCCCCCC)CCC(=O)NCCCCCCCCCCCC. The van der Waals surface area contributed by atoms with Crippen molar-refractivity contribution in [3.05, 3.63) is 0 Å². The number of nitrogens with one attached hydrogen (secondary N) is 6. The molecule has 0 aliphatic rings. The maximum absolute atomic E-state index is 13.3. The van der Waals surface area contributed by atoms with Crippen molar-refractivity contribution in [2.75, 3.05) is 105 Å². The van der Waals surface area contributed by atoms with Gasteiger partial charge in [-0.2, -0.15) is 0 Å². The zero-order chi connectivity index (χ0) is 66.2. The third kappa shape index (κ3) is 68.4. The van der Waals surface area contributed by atoms with Gasteiger partial charge in [0.1, 0.15) is 0 Å². The minimum Gasteiger partial charge on any atom is -0.356 e. The summed E-state index contributed by atoms with van der Waals surface area (Å²) >= 11 is 0. The van der Waals surface area contributed by atoms with Gasteiger partial charge in [0.2, 0.25) is 29.5 Å². The van der Waals surface area contributed by atoms with E-state index in [1.54, 1.807) is 0 Å². The molecule has 0 spiro atoms. The van der Waals surface area contributed by atoms with Crippen molar-refractivity contribution < 1.29 is 24.0 Å². The van der Waals surface area contributed by atoms with Gasteiger partial charge >= 0.3 is 0 Å². The van der Waals surface area contributed by atoms with Crippen molar-refractivity contribution in [3.8, 4) is 0 Å². The van der Waals surface area contributed by atoms with E-state index in [-0.39, 0.29) is 29.5 Å². The average molecular weight is 1290 g/mol. The van der Waals surface area contributed by atoms with Crippen molar-refractivity contribution in [3.63, 3.8) is 0 Å². The van der Waals surface area contributed by atoms with Crippen molar-refractivity contribution >= 4 is 29.5 Å². The van der Waals surface area contributed by atoms with E-state index < -0.39 is 0 Å². The van der Waals surface area contributed by atoms with Crippen LogP contribution in [-0.4, -0.2) is 149 Å². The molecular weight excluding hydrogens is 1130 g/mol. The molecule has 0 aromatic rings. The van der Waals surface area contributed by atoms with Gasteiger partial charge in [-0.1, -0.05) is 298 Å². The Labute approximate surface area is 564 Å². The van der Waals surface area contributed by atoms with E-state index in [2.05, 4.69) is 81.2 Å². The number of amides is 5. The van der Waals surface area contributed by atoms with Crippen LogP contribution in [0.3, 0.4) is 0 Å². The van der Waals surface area contributed by atoms with Crippen LogP contribution in [0.1, 0.15) is 362 Å². The van der Waals surface area contributed by atoms with E-state index >= 15 is 0 Å². The van der Waals surface area contributed by atoms with Crippen LogP contribution in [0.2, 0.25) is 0 Å². The summed E-state index contributed by atoms with van der Waals surface area (Å²) in [5, 5.41) is 19.6. The number of hydrogen-bond acceptors (Lipinski definition) is 9. The van der Waals surface area contributed by atoms with Gasteiger partial charge in [-0.15, -0.1) is 0 Å². The number of hydrogen-bond donors (Lipinski definition) is 6. The summed E-state index contributed by atoms with van der Waals surface area (Å²) in [5.41, 5.74) is 0. The molecule has 0 saturated carbocycles. The lowest BCUT2D eigenvalue weighted by Crippen LogP contribution is -2.43. The first-order chi connectivity index (χ1) is 44.7. The largest absolute Gasteiger partial charge is 0.356 e. The molecule has 0 aromatic carbocycles. The van der Waals surface area contributed by atoms with E-state index in [1.165, 1.54) is 231 Å². The molecule has 0 fully saturated rings. The second-order valence-corrected chi connectivity index (χ2v) is 27.3. The van der Waals surface area contributed by atoms with Gasteiger partial charge in [0.15, 0.2) is 0 Å². The standard InChI is InChI=1S/C77H155N9O5/c1-6-11-16-21-26-30-34-38-43-48-58-79-73(87)52-64-84(65-53-74(88)80-59-49-44-39-35-31-27-22-17-12-7-2)69-62-78-63-70-86(68-56-77(91)83-57-47-42-25-20-15-10-5)72-71-85(66-54-75(89)81-60-50-45-40-36-32-28-23-18-13-8-3)67-55-76(90)82-61-51-46-41-37-33-29-24-19-14-9-4/h78H,6-72H2,1-5H3,(H,79,87)(H,80,88)(H,81,89)(H,82,90)(H,83,91). The summed E-state index contributed by atoms with van der Waals surface area (Å²) in [5.74, 6) is 0.374. The van der Waals surface area contributed by atoms with Crippen LogP contribution >= 0.6 is 0 Å². The van der Waals surface area contributed by atoms with Crippen molar-refractivity contribution in [2.24, 2.45) is 0 Å². The Balaban J connectivity index is 5.75. The van der Waals surface area contributed by atoms with E-state index in [1.807, 2.05) is 0 Å². The summed E-state index contributed by atoms with van der Waals surface area (Å²) in [6.07, 6.45) is 59.7. The molecule has 0 bridgehead atoms. The van der Waals surface area contributed by atoms with Gasteiger partial charge in [-0.05, 0) is 32.1 Å². The number of carbonyl (C=O) groups is 5. The second-order valence-electron chi connectivity index (χ2n) is 27.3. The fourth-order valence-electron chi connectivity index (χ4n) is 12.1. The maximum Gasteiger partial charge on any atom is 0.221 e. The lowest BCUT2D eigenvalue weighted by atomic mass is 10.1. The predicted octanol–water partition coefficient (Wildman–Crippen LogP) is 17.1. The van der Waals surface area contributed by atoms with E-state index in [4.69, 9.17) is 0 Å². The van der Waals surface area contributed by atoms with Crippen molar-refractivity contribution in [2.45, 2.75) is 362 Å². The van der Waals surface area contributed by atoms with Crippen LogP contribution in [0.5, 0.6) is 0 Å². The fourth-order valence-corrected chi connectivity index (χ4v) is 12.1. The summed E-state index contributed by atoms with van der Waals surface area (Å²) in [6, 6.07) is 0. The van der Waals surface area contributed by atoms with Crippen LogP contribution in [-0.2, 0) is 24.0 Å². The Bertz CT molecular complexity index is 1490. The molecule has 0 heterocycles. The smallest absolute Gasteiger partial charge is 0.221 e. The summed E-state index contributed by atoms with van der Waals surface area (Å²) in [6.45, 7) is 22.1. The highest BCUT2D eigenvalue weighted by Gasteiger charge is 2.16. The lowest BCUT2D eigenvalue weighted by molar-refractivity contribution is -0.123. The molecule has 14 nitrogen and oxygen atoms in total. The highest BCUT2D eigenvalue weighted by atomic mass is 16.2. The molecule has 538 valence electrons. The summed E-state index contributed by atoms with van der Waals surface area (Å²) in [7, 11) is 0. The molecule has 0 aromatic heterocycles. The molecule has 0 radical (unpaired) electrons. The van der Waals surface area contributed by atoms with E-state index in [9.17, 15) is 24.0 Å². The molecule has 0 saturated heterocycles. The molecule has 14 heteroatoms. The molecule has 0 unspecified atom stereocenters. The predicted molar refractivity (Wildman–Crippen MR) is 391 cm³/mol. The van der Waals surface area contributed by atoms with Gasteiger partial charge in [0, 0.05) is 137 Å². The Morgan fingerprint density at radius 3 is 0.527 bits per heavy atom. The minimum atomic E-state index is 0.0680. The van der Waals surface area contributed by atoms with Gasteiger partial charge in [-0.25, -0.2) is 0 Å². The molecular formula is C77H155N9O5. The first-order valence-electron chi connectivity index (χ1n) is 39.9. The Morgan fingerprint density at radius 2 is 0.341 bits per heavy atom. The third-order valence-corrected chi connectivity index (χ3v) is 18.5. The number of rotatable bonds is 75. The minimum absolute atomic E-state index is 0.0680. The maximum atomic E-state index is 13.3. The van der Waals surface area contributed by atoms with E-state index in [0.29, 0.717) is 117 Å². The Hall–Kier alpha value is -2.81. The van der Waals surface area contributed by atoms with Crippen LogP contribution in [0.15, 0.2) is 0 Å². The highest BCUT2D eigenvalue weighted by molar-refractivity contribution is 5.77. The average Bonchev–Trinajstić information content (AvgIpc) is 3.71. The number of unbranched alkanes of at least 4 members (excludes halogenated alkanes) is 41.